The monoisotopic (exact) mass is 294 g/mol. The Morgan fingerprint density at radius 2 is 1.89 bits per heavy atom. The zero-order chi connectivity index (χ0) is 13.7. The van der Waals surface area contributed by atoms with E-state index in [0.717, 1.165) is 11.3 Å². The average Bonchev–Trinajstić information content (AvgIpc) is 2.41. The van der Waals surface area contributed by atoms with Gasteiger partial charge in [-0.3, -0.25) is 5.43 Å². The molecule has 0 aliphatic heterocycles. The molecule has 2 rings (SSSR count). The van der Waals surface area contributed by atoms with Crippen LogP contribution in [0.5, 0.6) is 5.75 Å². The van der Waals surface area contributed by atoms with Crippen LogP contribution in [0.15, 0.2) is 47.6 Å². The van der Waals surface area contributed by atoms with E-state index >= 15 is 0 Å². The molecule has 98 valence electrons. The molecule has 0 saturated heterocycles. The maximum atomic E-state index is 6.01. The highest BCUT2D eigenvalue weighted by Gasteiger charge is 2.00. The summed E-state index contributed by atoms with van der Waals surface area (Å²) in [6.07, 6.45) is 1.65. The number of hydrogen-bond acceptors (Lipinski definition) is 3. The second-order valence-electron chi connectivity index (χ2n) is 3.74. The van der Waals surface area contributed by atoms with Gasteiger partial charge in [-0.15, -0.1) is 0 Å². The SMILES string of the molecule is COc1ccc(N/N=C/c2ccccc2Cl)cc1Cl. The Labute approximate surface area is 121 Å². The Morgan fingerprint density at radius 1 is 1.11 bits per heavy atom. The van der Waals surface area contributed by atoms with Crippen LogP contribution in [0.1, 0.15) is 5.56 Å². The van der Waals surface area contributed by atoms with Crippen molar-refractivity contribution in [2.75, 3.05) is 12.5 Å². The van der Waals surface area contributed by atoms with Crippen molar-refractivity contribution < 1.29 is 4.74 Å². The highest BCUT2D eigenvalue weighted by molar-refractivity contribution is 6.33. The van der Waals surface area contributed by atoms with Crippen molar-refractivity contribution in [2.45, 2.75) is 0 Å². The summed E-state index contributed by atoms with van der Waals surface area (Å²) >= 11 is 12.0. The van der Waals surface area contributed by atoms with Crippen LogP contribution in [0.3, 0.4) is 0 Å². The Hall–Kier alpha value is -1.71. The molecule has 0 amide bonds. The number of nitrogens with zero attached hydrogens (tertiary/aromatic N) is 1. The number of hydrogen-bond donors (Lipinski definition) is 1. The molecule has 0 atom stereocenters. The van der Waals surface area contributed by atoms with Gasteiger partial charge in [0.05, 0.1) is 24.0 Å². The summed E-state index contributed by atoms with van der Waals surface area (Å²) in [5, 5.41) is 5.29. The van der Waals surface area contributed by atoms with Crippen molar-refractivity contribution in [2.24, 2.45) is 5.10 Å². The first-order valence-corrected chi connectivity index (χ1v) is 6.33. The molecule has 0 unspecified atom stereocenters. The van der Waals surface area contributed by atoms with Gasteiger partial charge in [-0.2, -0.15) is 5.10 Å². The number of methoxy groups -OCH3 is 1. The van der Waals surface area contributed by atoms with Crippen LogP contribution >= 0.6 is 23.2 Å². The fourth-order valence-electron chi connectivity index (χ4n) is 1.49. The average molecular weight is 295 g/mol. The third-order valence-electron chi connectivity index (χ3n) is 2.45. The van der Waals surface area contributed by atoms with Gasteiger partial charge < -0.3 is 4.74 Å². The van der Waals surface area contributed by atoms with Gasteiger partial charge in [0.25, 0.3) is 0 Å². The lowest BCUT2D eigenvalue weighted by Crippen LogP contribution is -1.92. The largest absolute Gasteiger partial charge is 0.495 e. The van der Waals surface area contributed by atoms with Crippen LogP contribution in [-0.2, 0) is 0 Å². The summed E-state index contributed by atoms with van der Waals surface area (Å²) in [7, 11) is 1.57. The van der Waals surface area contributed by atoms with Gasteiger partial charge in [0.15, 0.2) is 0 Å². The number of halogens is 2. The minimum Gasteiger partial charge on any atom is -0.495 e. The summed E-state index contributed by atoms with van der Waals surface area (Å²) in [6, 6.07) is 12.8. The van der Waals surface area contributed by atoms with E-state index in [2.05, 4.69) is 10.5 Å². The zero-order valence-electron chi connectivity index (χ0n) is 10.2. The molecule has 0 aliphatic rings. The predicted molar refractivity (Wildman–Crippen MR) is 80.7 cm³/mol. The summed E-state index contributed by atoms with van der Waals surface area (Å²) in [5.41, 5.74) is 4.50. The number of nitrogens with one attached hydrogen (secondary N) is 1. The number of benzene rings is 2. The maximum Gasteiger partial charge on any atom is 0.137 e. The highest BCUT2D eigenvalue weighted by atomic mass is 35.5. The van der Waals surface area contributed by atoms with Crippen LogP contribution in [0.4, 0.5) is 5.69 Å². The van der Waals surface area contributed by atoms with Crippen molar-refractivity contribution in [3.05, 3.63) is 58.1 Å². The molecule has 3 nitrogen and oxygen atoms in total. The van der Waals surface area contributed by atoms with Crippen LogP contribution in [0.2, 0.25) is 10.0 Å². The van der Waals surface area contributed by atoms with Crippen LogP contribution in [0, 0.1) is 0 Å². The van der Waals surface area contributed by atoms with E-state index in [1.54, 1.807) is 25.5 Å². The van der Waals surface area contributed by atoms with Gasteiger partial charge in [0, 0.05) is 10.6 Å². The second-order valence-corrected chi connectivity index (χ2v) is 4.56. The van der Waals surface area contributed by atoms with Crippen molar-refractivity contribution in [3.63, 3.8) is 0 Å². The van der Waals surface area contributed by atoms with Crippen LogP contribution in [-0.4, -0.2) is 13.3 Å². The lowest BCUT2D eigenvalue weighted by molar-refractivity contribution is 0.415. The quantitative estimate of drug-likeness (QED) is 0.668. The van der Waals surface area contributed by atoms with E-state index in [0.29, 0.717) is 15.8 Å². The van der Waals surface area contributed by atoms with E-state index in [1.807, 2.05) is 30.3 Å². The molecule has 2 aromatic carbocycles. The van der Waals surface area contributed by atoms with E-state index in [1.165, 1.54) is 0 Å². The van der Waals surface area contributed by atoms with Crippen molar-refractivity contribution in [1.82, 2.24) is 0 Å². The molecular formula is C14H12Cl2N2O. The summed E-state index contributed by atoms with van der Waals surface area (Å²) in [5.74, 6) is 0.627. The fourth-order valence-corrected chi connectivity index (χ4v) is 1.93. The maximum absolute atomic E-state index is 6.01. The molecule has 0 bridgehead atoms. The minimum atomic E-state index is 0.528. The summed E-state index contributed by atoms with van der Waals surface area (Å²) in [4.78, 5) is 0. The second kappa shape index (κ2) is 6.45. The molecule has 0 fully saturated rings. The normalized spacial score (nSPS) is 10.7. The van der Waals surface area contributed by atoms with Crippen LogP contribution in [0.25, 0.3) is 0 Å². The highest BCUT2D eigenvalue weighted by Crippen LogP contribution is 2.27. The molecule has 1 N–H and O–H groups in total. The number of rotatable bonds is 4. The molecule has 0 radical (unpaired) electrons. The number of ether oxygens (including phenoxy) is 1. The van der Waals surface area contributed by atoms with Gasteiger partial charge >= 0.3 is 0 Å². The van der Waals surface area contributed by atoms with Crippen molar-refractivity contribution in [1.29, 1.82) is 0 Å². The Morgan fingerprint density at radius 3 is 2.58 bits per heavy atom. The fraction of sp³-hybridized carbons (Fsp3) is 0.0714. The standard InChI is InChI=1S/C14H12Cl2N2O/c1-19-14-7-6-11(8-13(14)16)18-17-9-10-4-2-3-5-12(10)15/h2-9,18H,1H3/b17-9+. The predicted octanol–water partition coefficient (Wildman–Crippen LogP) is 4.45. The Kier molecular flexibility index (Phi) is 4.66. The zero-order valence-corrected chi connectivity index (χ0v) is 11.7. The molecule has 19 heavy (non-hydrogen) atoms. The van der Waals surface area contributed by atoms with E-state index in [-0.39, 0.29) is 0 Å². The third-order valence-corrected chi connectivity index (χ3v) is 3.09. The molecule has 0 aromatic heterocycles. The van der Waals surface area contributed by atoms with Gasteiger partial charge in [0.1, 0.15) is 5.75 Å². The molecular weight excluding hydrogens is 283 g/mol. The topological polar surface area (TPSA) is 33.6 Å². The first kappa shape index (κ1) is 13.7. The Bertz CT molecular complexity index is 600. The lowest BCUT2D eigenvalue weighted by atomic mass is 10.2. The number of anilines is 1. The van der Waals surface area contributed by atoms with Crippen molar-refractivity contribution in [3.8, 4) is 5.75 Å². The summed E-state index contributed by atoms with van der Waals surface area (Å²) in [6.45, 7) is 0. The van der Waals surface area contributed by atoms with Crippen molar-refractivity contribution >= 4 is 35.1 Å². The molecule has 0 heterocycles. The lowest BCUT2D eigenvalue weighted by Gasteiger charge is -2.05. The molecule has 2 aromatic rings. The van der Waals surface area contributed by atoms with Crippen LogP contribution < -0.4 is 10.2 Å². The molecule has 5 heteroatoms. The molecule has 0 saturated carbocycles. The molecule has 0 aliphatic carbocycles. The van der Waals surface area contributed by atoms with Gasteiger partial charge in [-0.05, 0) is 24.3 Å². The Balaban J connectivity index is 2.07. The molecule has 0 spiro atoms. The van der Waals surface area contributed by atoms with E-state index < -0.39 is 0 Å². The van der Waals surface area contributed by atoms with E-state index in [4.69, 9.17) is 27.9 Å². The first-order valence-electron chi connectivity index (χ1n) is 5.58. The van der Waals surface area contributed by atoms with Gasteiger partial charge in [-0.25, -0.2) is 0 Å². The number of hydrazone groups is 1. The van der Waals surface area contributed by atoms with E-state index in [9.17, 15) is 0 Å². The first-order chi connectivity index (χ1) is 9.20. The van der Waals surface area contributed by atoms with Gasteiger partial charge in [-0.1, -0.05) is 41.4 Å². The minimum absolute atomic E-state index is 0.528. The summed E-state index contributed by atoms with van der Waals surface area (Å²) < 4.78 is 5.07. The van der Waals surface area contributed by atoms with Gasteiger partial charge in [0.2, 0.25) is 0 Å². The third kappa shape index (κ3) is 3.63. The smallest absolute Gasteiger partial charge is 0.137 e.